The minimum absolute atomic E-state index is 1.10. The van der Waals surface area contributed by atoms with Gasteiger partial charge in [-0.15, -0.1) is 0 Å². The van der Waals surface area contributed by atoms with Gasteiger partial charge in [0.1, 0.15) is 0 Å². The fraction of sp³-hybridized carbons (Fsp3) is 0. The Balaban J connectivity index is 1.16. The van der Waals surface area contributed by atoms with Crippen molar-refractivity contribution in [2.45, 2.75) is 0 Å². The molecule has 0 bridgehead atoms. The minimum Gasteiger partial charge on any atom is -0.310 e. The predicted octanol–water partition coefficient (Wildman–Crippen LogP) is 14.6. The van der Waals surface area contributed by atoms with Crippen LogP contribution < -0.4 is 4.90 Å². The zero-order valence-corrected chi connectivity index (χ0v) is 29.2. The van der Waals surface area contributed by atoms with Gasteiger partial charge in [-0.1, -0.05) is 176 Å². The van der Waals surface area contributed by atoms with Crippen LogP contribution in [0.5, 0.6) is 0 Å². The molecule has 0 saturated carbocycles. The highest BCUT2D eigenvalue weighted by Gasteiger charge is 2.23. The van der Waals surface area contributed by atoms with Gasteiger partial charge < -0.3 is 4.90 Å². The van der Waals surface area contributed by atoms with Crippen LogP contribution in [0.2, 0.25) is 0 Å². The molecule has 0 N–H and O–H groups in total. The summed E-state index contributed by atoms with van der Waals surface area (Å²) in [5, 5.41) is 2.51. The normalized spacial score (nSPS) is 11.4. The first-order valence-electron chi connectivity index (χ1n) is 18.3. The van der Waals surface area contributed by atoms with Crippen LogP contribution in [0, 0.1) is 0 Å². The Morgan fingerprint density at radius 1 is 0.226 bits per heavy atom. The molecule has 9 aromatic carbocycles. The molecule has 53 heavy (non-hydrogen) atoms. The van der Waals surface area contributed by atoms with Crippen LogP contribution in [0.25, 0.3) is 77.5 Å². The minimum atomic E-state index is 1.10. The average Bonchev–Trinajstić information content (AvgIpc) is 3.24. The molecule has 1 nitrogen and oxygen atoms in total. The molecule has 0 spiro atoms. The first-order valence-corrected chi connectivity index (χ1v) is 18.3. The summed E-state index contributed by atoms with van der Waals surface area (Å²) in [7, 11) is 0. The quantitative estimate of drug-likeness (QED) is 0.176. The summed E-state index contributed by atoms with van der Waals surface area (Å²) in [4.78, 5) is 2.39. The number of fused-ring (bicyclic) bond motifs is 9. The van der Waals surface area contributed by atoms with Gasteiger partial charge in [0.15, 0.2) is 0 Å². The summed E-state index contributed by atoms with van der Waals surface area (Å²) in [6.07, 6.45) is 0. The molecule has 0 atom stereocenters. The zero-order chi connectivity index (χ0) is 35.1. The molecule has 0 aliphatic heterocycles. The van der Waals surface area contributed by atoms with Gasteiger partial charge >= 0.3 is 0 Å². The third kappa shape index (κ3) is 5.42. The number of hydrogen-bond donors (Lipinski definition) is 0. The molecule has 248 valence electrons. The van der Waals surface area contributed by atoms with Crippen LogP contribution in [0.3, 0.4) is 0 Å². The zero-order valence-electron chi connectivity index (χ0n) is 29.2. The molecular formula is C52H35N. The Hall–Kier alpha value is -6.96. The summed E-state index contributed by atoms with van der Waals surface area (Å²) in [6, 6.07) is 77.3. The smallest absolute Gasteiger partial charge is 0.0468 e. The van der Waals surface area contributed by atoms with E-state index in [0.29, 0.717) is 0 Å². The fourth-order valence-electron chi connectivity index (χ4n) is 8.14. The Bertz CT molecular complexity index is 2750. The Morgan fingerprint density at radius 3 is 1.21 bits per heavy atom. The van der Waals surface area contributed by atoms with Gasteiger partial charge in [0.25, 0.3) is 0 Å². The third-order valence-electron chi connectivity index (χ3n) is 10.7. The Labute approximate surface area is 310 Å². The van der Waals surface area contributed by atoms with Crippen molar-refractivity contribution in [3.63, 3.8) is 0 Å². The van der Waals surface area contributed by atoms with Crippen LogP contribution in [0.4, 0.5) is 17.1 Å². The van der Waals surface area contributed by atoms with E-state index in [1.807, 2.05) is 0 Å². The van der Waals surface area contributed by atoms with Crippen LogP contribution in [-0.2, 0) is 0 Å². The van der Waals surface area contributed by atoms with E-state index in [0.717, 1.165) is 17.1 Å². The predicted molar refractivity (Wildman–Crippen MR) is 225 cm³/mol. The highest BCUT2D eigenvalue weighted by atomic mass is 15.1. The number of anilines is 3. The molecule has 0 saturated heterocycles. The Kier molecular flexibility index (Phi) is 7.55. The van der Waals surface area contributed by atoms with Gasteiger partial charge in [-0.25, -0.2) is 0 Å². The van der Waals surface area contributed by atoms with Crippen molar-refractivity contribution in [3.8, 4) is 66.8 Å². The van der Waals surface area contributed by atoms with E-state index in [1.165, 1.54) is 77.5 Å². The van der Waals surface area contributed by atoms with Crippen molar-refractivity contribution in [2.75, 3.05) is 4.90 Å². The van der Waals surface area contributed by atoms with Gasteiger partial charge in [-0.05, 0) is 114 Å². The number of hydrogen-bond acceptors (Lipinski definition) is 1. The molecule has 0 aromatic heterocycles. The molecule has 10 rings (SSSR count). The van der Waals surface area contributed by atoms with Crippen LogP contribution in [0.1, 0.15) is 0 Å². The molecule has 1 aliphatic carbocycles. The van der Waals surface area contributed by atoms with E-state index in [-0.39, 0.29) is 0 Å². The molecule has 0 amide bonds. The first kappa shape index (κ1) is 30.8. The van der Waals surface area contributed by atoms with E-state index in [2.05, 4.69) is 217 Å². The fourth-order valence-corrected chi connectivity index (χ4v) is 8.14. The lowest BCUT2D eigenvalue weighted by Crippen LogP contribution is -2.10. The largest absolute Gasteiger partial charge is 0.310 e. The molecule has 9 aromatic rings. The molecule has 0 fully saturated rings. The van der Waals surface area contributed by atoms with Gasteiger partial charge in [0.05, 0.1) is 0 Å². The maximum Gasteiger partial charge on any atom is 0.0468 e. The van der Waals surface area contributed by atoms with E-state index in [1.54, 1.807) is 0 Å². The second kappa shape index (κ2) is 13.0. The maximum absolute atomic E-state index is 2.39. The van der Waals surface area contributed by atoms with Crippen LogP contribution >= 0.6 is 0 Å². The number of rotatable bonds is 5. The first-order chi connectivity index (χ1) is 26.3. The monoisotopic (exact) mass is 673 g/mol. The summed E-state index contributed by atoms with van der Waals surface area (Å²) in [5.74, 6) is 0. The molecular weight excluding hydrogens is 639 g/mol. The van der Waals surface area contributed by atoms with Gasteiger partial charge in [0.2, 0.25) is 0 Å². The highest BCUT2D eigenvalue weighted by molar-refractivity contribution is 6.04. The lowest BCUT2D eigenvalue weighted by Gasteiger charge is -2.28. The number of benzene rings is 9. The van der Waals surface area contributed by atoms with Crippen molar-refractivity contribution in [1.29, 1.82) is 0 Å². The van der Waals surface area contributed by atoms with Crippen molar-refractivity contribution in [3.05, 3.63) is 212 Å². The highest BCUT2D eigenvalue weighted by Crippen LogP contribution is 2.49. The molecule has 1 heteroatoms. The molecule has 1 aliphatic rings. The van der Waals surface area contributed by atoms with Gasteiger partial charge in [-0.2, -0.15) is 0 Å². The molecule has 0 heterocycles. The van der Waals surface area contributed by atoms with Crippen LogP contribution in [-0.4, -0.2) is 0 Å². The van der Waals surface area contributed by atoms with E-state index >= 15 is 0 Å². The Morgan fingerprint density at radius 2 is 0.623 bits per heavy atom. The average molecular weight is 674 g/mol. The van der Waals surface area contributed by atoms with Crippen LogP contribution in [0.15, 0.2) is 212 Å². The lowest BCUT2D eigenvalue weighted by atomic mass is 9.81. The SMILES string of the molecule is c1ccc(-c2ccc(N(c3ccc(-c4cccc5ccccc45)cc3)c3ccc4c(c3)-c3ccccc3-c3ccccc3-c3ccccc3-4)cc2)cc1. The summed E-state index contributed by atoms with van der Waals surface area (Å²) < 4.78 is 0. The third-order valence-corrected chi connectivity index (χ3v) is 10.7. The number of nitrogens with zero attached hydrogens (tertiary/aromatic N) is 1. The standard InChI is InChI=1S/C52H35N/c1-2-13-36(14-3-1)37-25-29-40(30-26-37)53(41-31-27-39(28-32-41)44-24-12-16-38-15-4-5-17-43(38)44)42-33-34-51-49-22-9-8-20-47(49)45-18-6-7-19-46(45)48-21-10-11-23-50(48)52(51)35-42/h1-35H. The van der Waals surface area contributed by atoms with E-state index in [4.69, 9.17) is 0 Å². The maximum atomic E-state index is 2.39. The molecule has 0 radical (unpaired) electrons. The topological polar surface area (TPSA) is 3.24 Å². The van der Waals surface area contributed by atoms with Gasteiger partial charge in [-0.3, -0.25) is 0 Å². The van der Waals surface area contributed by atoms with Crippen molar-refractivity contribution >= 4 is 27.8 Å². The lowest BCUT2D eigenvalue weighted by molar-refractivity contribution is 1.28. The van der Waals surface area contributed by atoms with E-state index in [9.17, 15) is 0 Å². The summed E-state index contributed by atoms with van der Waals surface area (Å²) in [6.45, 7) is 0. The second-order valence-electron chi connectivity index (χ2n) is 13.7. The van der Waals surface area contributed by atoms with E-state index < -0.39 is 0 Å². The van der Waals surface area contributed by atoms with Crippen molar-refractivity contribution in [1.82, 2.24) is 0 Å². The summed E-state index contributed by atoms with van der Waals surface area (Å²) in [5.41, 5.74) is 18.1. The second-order valence-corrected chi connectivity index (χ2v) is 13.7. The molecule has 0 unspecified atom stereocenters. The van der Waals surface area contributed by atoms with Crippen molar-refractivity contribution in [2.24, 2.45) is 0 Å². The van der Waals surface area contributed by atoms with Gasteiger partial charge in [0, 0.05) is 17.1 Å². The summed E-state index contributed by atoms with van der Waals surface area (Å²) >= 11 is 0. The van der Waals surface area contributed by atoms with Crippen molar-refractivity contribution < 1.29 is 0 Å².